The Kier molecular flexibility index (Phi) is 5.86. The Morgan fingerprint density at radius 1 is 0.905 bits per heavy atom. The molecular formula is C20H27N. The van der Waals surface area contributed by atoms with E-state index >= 15 is 0 Å². The molecule has 2 aromatic rings. The zero-order valence-electron chi connectivity index (χ0n) is 13.5. The molecule has 0 radical (unpaired) electrons. The summed E-state index contributed by atoms with van der Waals surface area (Å²) in [5.74, 6) is 0. The van der Waals surface area contributed by atoms with Crippen LogP contribution in [0.3, 0.4) is 0 Å². The monoisotopic (exact) mass is 281 g/mol. The summed E-state index contributed by atoms with van der Waals surface area (Å²) in [6.07, 6.45) is 4.80. The third-order valence-electron chi connectivity index (χ3n) is 4.00. The van der Waals surface area contributed by atoms with Crippen LogP contribution in [-0.2, 0) is 6.42 Å². The van der Waals surface area contributed by atoms with Gasteiger partial charge in [0.05, 0.1) is 6.04 Å². The van der Waals surface area contributed by atoms with Crippen LogP contribution >= 0.6 is 0 Å². The molecule has 0 saturated heterocycles. The van der Waals surface area contributed by atoms with Gasteiger partial charge in [-0.25, -0.2) is 0 Å². The highest BCUT2D eigenvalue weighted by Gasteiger charge is 2.08. The van der Waals surface area contributed by atoms with E-state index in [1.54, 1.807) is 0 Å². The highest BCUT2D eigenvalue weighted by molar-refractivity contribution is 5.47. The van der Waals surface area contributed by atoms with Gasteiger partial charge in [-0.15, -0.1) is 0 Å². The molecule has 1 atom stereocenters. The summed E-state index contributed by atoms with van der Waals surface area (Å²) >= 11 is 0. The van der Waals surface area contributed by atoms with Gasteiger partial charge in [-0.3, -0.25) is 0 Å². The van der Waals surface area contributed by atoms with Crippen molar-refractivity contribution in [2.24, 2.45) is 0 Å². The molecule has 0 fully saturated rings. The second-order valence-electron chi connectivity index (χ2n) is 5.82. The summed E-state index contributed by atoms with van der Waals surface area (Å²) in [5.41, 5.74) is 5.32. The largest absolute Gasteiger partial charge is 0.378 e. The number of rotatable bonds is 7. The number of benzene rings is 2. The van der Waals surface area contributed by atoms with Gasteiger partial charge in [-0.05, 0) is 49.4 Å². The van der Waals surface area contributed by atoms with Crippen LogP contribution in [0, 0.1) is 6.92 Å². The second kappa shape index (κ2) is 7.87. The summed E-state index contributed by atoms with van der Waals surface area (Å²) < 4.78 is 0. The predicted octanol–water partition coefficient (Wildman–Crippen LogP) is 5.90. The summed E-state index contributed by atoms with van der Waals surface area (Å²) in [6.45, 7) is 6.60. The van der Waals surface area contributed by atoms with E-state index in [0.29, 0.717) is 6.04 Å². The van der Waals surface area contributed by atoms with Gasteiger partial charge >= 0.3 is 0 Å². The molecule has 0 saturated carbocycles. The van der Waals surface area contributed by atoms with E-state index in [2.05, 4.69) is 74.6 Å². The Hall–Kier alpha value is -1.76. The van der Waals surface area contributed by atoms with Crippen molar-refractivity contribution in [1.82, 2.24) is 0 Å². The minimum atomic E-state index is 0.382. The molecule has 2 rings (SSSR count). The third kappa shape index (κ3) is 4.63. The number of anilines is 1. The zero-order valence-corrected chi connectivity index (χ0v) is 13.5. The lowest BCUT2D eigenvalue weighted by Crippen LogP contribution is -2.09. The molecule has 0 bridgehead atoms. The van der Waals surface area contributed by atoms with Crippen LogP contribution in [0.15, 0.2) is 48.5 Å². The Morgan fingerprint density at radius 2 is 1.57 bits per heavy atom. The third-order valence-corrected chi connectivity index (χ3v) is 4.00. The van der Waals surface area contributed by atoms with Gasteiger partial charge in [-0.1, -0.05) is 62.2 Å². The van der Waals surface area contributed by atoms with Gasteiger partial charge < -0.3 is 5.32 Å². The van der Waals surface area contributed by atoms with E-state index in [1.807, 2.05) is 0 Å². The maximum Gasteiger partial charge on any atom is 0.0511 e. The van der Waals surface area contributed by atoms with E-state index in [0.717, 1.165) is 6.42 Å². The summed E-state index contributed by atoms with van der Waals surface area (Å²) in [6, 6.07) is 18.1. The minimum Gasteiger partial charge on any atom is -0.378 e. The van der Waals surface area contributed by atoms with E-state index in [-0.39, 0.29) is 0 Å². The van der Waals surface area contributed by atoms with Gasteiger partial charge in [0, 0.05) is 5.69 Å². The molecular weight excluding hydrogens is 254 g/mol. The first-order valence-corrected chi connectivity index (χ1v) is 8.15. The van der Waals surface area contributed by atoms with E-state index in [9.17, 15) is 0 Å². The SMILES string of the molecule is CCCCc1ccc(NC(CC)c2ccc(C)cc2)cc1. The smallest absolute Gasteiger partial charge is 0.0511 e. The van der Waals surface area contributed by atoms with Crippen molar-refractivity contribution in [3.05, 3.63) is 65.2 Å². The van der Waals surface area contributed by atoms with Crippen LogP contribution in [0.4, 0.5) is 5.69 Å². The quantitative estimate of drug-likeness (QED) is 0.666. The number of hydrogen-bond donors (Lipinski definition) is 1. The number of unbranched alkanes of at least 4 members (excludes halogenated alkanes) is 1. The van der Waals surface area contributed by atoms with Gasteiger partial charge in [0.15, 0.2) is 0 Å². The van der Waals surface area contributed by atoms with Crippen LogP contribution < -0.4 is 5.32 Å². The van der Waals surface area contributed by atoms with Crippen molar-refractivity contribution >= 4 is 5.69 Å². The molecule has 2 aromatic carbocycles. The van der Waals surface area contributed by atoms with Crippen molar-refractivity contribution < 1.29 is 0 Å². The topological polar surface area (TPSA) is 12.0 Å². The van der Waals surface area contributed by atoms with Crippen LogP contribution in [0.2, 0.25) is 0 Å². The molecule has 1 N–H and O–H groups in total. The summed E-state index contributed by atoms with van der Waals surface area (Å²) in [4.78, 5) is 0. The fraction of sp³-hybridized carbons (Fsp3) is 0.400. The maximum atomic E-state index is 3.65. The van der Waals surface area contributed by atoms with Crippen LogP contribution in [0.5, 0.6) is 0 Å². The number of aryl methyl sites for hydroxylation is 2. The van der Waals surface area contributed by atoms with Crippen LogP contribution in [-0.4, -0.2) is 0 Å². The molecule has 1 nitrogen and oxygen atoms in total. The lowest BCUT2D eigenvalue weighted by molar-refractivity contribution is 0.748. The summed E-state index contributed by atoms with van der Waals surface area (Å²) in [7, 11) is 0. The summed E-state index contributed by atoms with van der Waals surface area (Å²) in [5, 5.41) is 3.65. The Morgan fingerprint density at radius 3 is 2.14 bits per heavy atom. The van der Waals surface area contributed by atoms with E-state index in [4.69, 9.17) is 0 Å². The highest BCUT2D eigenvalue weighted by atomic mass is 14.9. The fourth-order valence-corrected chi connectivity index (χ4v) is 2.57. The first kappa shape index (κ1) is 15.6. The molecule has 0 amide bonds. The number of nitrogens with one attached hydrogen (secondary N) is 1. The van der Waals surface area contributed by atoms with Crippen LogP contribution in [0.25, 0.3) is 0 Å². The van der Waals surface area contributed by atoms with Crippen molar-refractivity contribution in [3.63, 3.8) is 0 Å². The molecule has 1 unspecified atom stereocenters. The normalized spacial score (nSPS) is 12.1. The molecule has 0 aliphatic heterocycles. The van der Waals surface area contributed by atoms with E-state index in [1.165, 1.54) is 41.6 Å². The Balaban J connectivity index is 2.02. The zero-order chi connectivity index (χ0) is 15.1. The lowest BCUT2D eigenvalue weighted by Gasteiger charge is -2.19. The Labute approximate surface area is 129 Å². The predicted molar refractivity (Wildman–Crippen MR) is 92.9 cm³/mol. The molecule has 0 heterocycles. The van der Waals surface area contributed by atoms with Gasteiger partial charge in [0.25, 0.3) is 0 Å². The van der Waals surface area contributed by atoms with E-state index < -0.39 is 0 Å². The standard InChI is InChI=1S/C20H27N/c1-4-6-7-17-10-14-19(15-11-17)21-20(5-2)18-12-8-16(3)9-13-18/h8-15,20-21H,4-7H2,1-3H3. The van der Waals surface area contributed by atoms with Gasteiger partial charge in [0.2, 0.25) is 0 Å². The second-order valence-corrected chi connectivity index (χ2v) is 5.82. The maximum absolute atomic E-state index is 3.65. The number of hydrogen-bond acceptors (Lipinski definition) is 1. The first-order valence-electron chi connectivity index (χ1n) is 8.15. The van der Waals surface area contributed by atoms with Crippen molar-refractivity contribution in [3.8, 4) is 0 Å². The fourth-order valence-electron chi connectivity index (χ4n) is 2.57. The molecule has 0 spiro atoms. The molecule has 0 aliphatic rings. The molecule has 0 aromatic heterocycles. The van der Waals surface area contributed by atoms with Crippen molar-refractivity contribution in [2.75, 3.05) is 5.32 Å². The van der Waals surface area contributed by atoms with Crippen molar-refractivity contribution in [2.45, 2.75) is 52.5 Å². The van der Waals surface area contributed by atoms with Crippen LogP contribution in [0.1, 0.15) is 55.8 Å². The van der Waals surface area contributed by atoms with Gasteiger partial charge in [-0.2, -0.15) is 0 Å². The molecule has 0 aliphatic carbocycles. The lowest BCUT2D eigenvalue weighted by atomic mass is 10.0. The molecule has 1 heteroatoms. The molecule has 112 valence electrons. The van der Waals surface area contributed by atoms with Crippen molar-refractivity contribution in [1.29, 1.82) is 0 Å². The average Bonchev–Trinajstić information content (AvgIpc) is 2.53. The molecule has 21 heavy (non-hydrogen) atoms. The highest BCUT2D eigenvalue weighted by Crippen LogP contribution is 2.23. The first-order chi connectivity index (χ1) is 10.2. The Bertz CT molecular complexity index is 525. The minimum absolute atomic E-state index is 0.382. The average molecular weight is 281 g/mol. The van der Waals surface area contributed by atoms with Gasteiger partial charge in [0.1, 0.15) is 0 Å².